The number of nitrogens with zero attached hydrogens (tertiary/aromatic N) is 2. The van der Waals surface area contributed by atoms with Crippen molar-refractivity contribution in [1.29, 1.82) is 0 Å². The highest BCUT2D eigenvalue weighted by atomic mass is 15.1. The Morgan fingerprint density at radius 1 is 1.60 bits per heavy atom. The molecule has 0 aromatic carbocycles. The summed E-state index contributed by atoms with van der Waals surface area (Å²) >= 11 is 0. The topological polar surface area (TPSA) is 29.9 Å². The molecule has 1 aliphatic rings. The number of rotatable bonds is 5. The zero-order valence-electron chi connectivity index (χ0n) is 9.58. The predicted molar refractivity (Wildman–Crippen MR) is 61.9 cm³/mol. The molecule has 0 saturated carbocycles. The van der Waals surface area contributed by atoms with Crippen LogP contribution < -0.4 is 5.32 Å². The summed E-state index contributed by atoms with van der Waals surface area (Å²) in [5.74, 6) is 1.22. The highest BCUT2D eigenvalue weighted by Crippen LogP contribution is 2.11. The summed E-state index contributed by atoms with van der Waals surface area (Å²) in [4.78, 5) is 4.33. The monoisotopic (exact) mass is 207 g/mol. The molecule has 0 aliphatic carbocycles. The van der Waals surface area contributed by atoms with E-state index in [4.69, 9.17) is 0 Å². The third-order valence-electron chi connectivity index (χ3n) is 3.23. The van der Waals surface area contributed by atoms with Crippen molar-refractivity contribution in [1.82, 2.24) is 14.9 Å². The Balaban J connectivity index is 1.73. The summed E-state index contributed by atoms with van der Waals surface area (Å²) in [7, 11) is 0. The van der Waals surface area contributed by atoms with Crippen molar-refractivity contribution in [3.05, 3.63) is 18.2 Å². The van der Waals surface area contributed by atoms with Crippen molar-refractivity contribution in [2.45, 2.75) is 51.6 Å². The third kappa shape index (κ3) is 2.81. The number of hydrogen-bond donors (Lipinski definition) is 1. The van der Waals surface area contributed by atoms with E-state index in [1.165, 1.54) is 38.1 Å². The fourth-order valence-electron chi connectivity index (χ4n) is 2.37. The van der Waals surface area contributed by atoms with E-state index in [1.54, 1.807) is 0 Å². The molecule has 15 heavy (non-hydrogen) atoms. The van der Waals surface area contributed by atoms with Gasteiger partial charge in [-0.2, -0.15) is 0 Å². The molecule has 1 atom stereocenters. The Kier molecular flexibility index (Phi) is 3.78. The lowest BCUT2D eigenvalue weighted by Crippen LogP contribution is -2.21. The number of imidazole rings is 1. The van der Waals surface area contributed by atoms with E-state index < -0.39 is 0 Å². The maximum absolute atomic E-state index is 4.33. The summed E-state index contributed by atoms with van der Waals surface area (Å²) in [6.45, 7) is 4.51. The first-order valence-corrected chi connectivity index (χ1v) is 6.13. The van der Waals surface area contributed by atoms with E-state index in [1.807, 2.05) is 6.20 Å². The van der Waals surface area contributed by atoms with Gasteiger partial charge in [0.1, 0.15) is 5.82 Å². The maximum atomic E-state index is 4.33. The van der Waals surface area contributed by atoms with E-state index in [0.717, 1.165) is 19.0 Å². The molecule has 84 valence electrons. The quantitative estimate of drug-likeness (QED) is 0.800. The number of aromatic nitrogens is 2. The van der Waals surface area contributed by atoms with Crippen molar-refractivity contribution >= 4 is 0 Å². The van der Waals surface area contributed by atoms with Gasteiger partial charge in [0.05, 0.1) is 0 Å². The van der Waals surface area contributed by atoms with Crippen molar-refractivity contribution in [2.24, 2.45) is 0 Å². The molecule has 3 nitrogen and oxygen atoms in total. The second kappa shape index (κ2) is 5.31. The molecule has 1 aliphatic heterocycles. The Labute approximate surface area is 91.9 Å². The van der Waals surface area contributed by atoms with Gasteiger partial charge in [-0.3, -0.25) is 0 Å². The van der Waals surface area contributed by atoms with Gasteiger partial charge in [-0.1, -0.05) is 6.92 Å². The lowest BCUT2D eigenvalue weighted by Gasteiger charge is -2.11. The van der Waals surface area contributed by atoms with Crippen LogP contribution >= 0.6 is 0 Å². The van der Waals surface area contributed by atoms with Crippen LogP contribution in [-0.4, -0.2) is 22.1 Å². The Morgan fingerprint density at radius 2 is 2.53 bits per heavy atom. The standard InChI is InChI=1S/C12H21N3/c1-2-12-14-8-10-15(12)9-4-6-11-5-3-7-13-11/h8,10-11,13H,2-7,9H2,1H3. The van der Waals surface area contributed by atoms with Gasteiger partial charge in [-0.15, -0.1) is 0 Å². The Hall–Kier alpha value is -0.830. The largest absolute Gasteiger partial charge is 0.335 e. The lowest BCUT2D eigenvalue weighted by atomic mass is 10.1. The highest BCUT2D eigenvalue weighted by Gasteiger charge is 2.13. The first-order chi connectivity index (χ1) is 7.40. The van der Waals surface area contributed by atoms with Gasteiger partial charge >= 0.3 is 0 Å². The molecule has 1 aromatic heterocycles. The first-order valence-electron chi connectivity index (χ1n) is 6.13. The van der Waals surface area contributed by atoms with E-state index in [9.17, 15) is 0 Å². The fourth-order valence-corrected chi connectivity index (χ4v) is 2.37. The average molecular weight is 207 g/mol. The first kappa shape index (κ1) is 10.7. The molecule has 0 radical (unpaired) electrons. The van der Waals surface area contributed by atoms with Crippen LogP contribution in [0.2, 0.25) is 0 Å². The normalized spacial score (nSPS) is 21.0. The van der Waals surface area contributed by atoms with Crippen LogP contribution in [0, 0.1) is 0 Å². The van der Waals surface area contributed by atoms with Gasteiger partial charge in [0, 0.05) is 31.4 Å². The molecule has 1 aromatic rings. The molecule has 0 spiro atoms. The van der Waals surface area contributed by atoms with Gasteiger partial charge in [-0.25, -0.2) is 4.98 Å². The van der Waals surface area contributed by atoms with Crippen molar-refractivity contribution in [2.75, 3.05) is 6.54 Å². The number of aryl methyl sites for hydroxylation is 2. The van der Waals surface area contributed by atoms with Crippen LogP contribution in [0.4, 0.5) is 0 Å². The van der Waals surface area contributed by atoms with Crippen molar-refractivity contribution in [3.8, 4) is 0 Å². The molecule has 3 heteroatoms. The van der Waals surface area contributed by atoms with Gasteiger partial charge in [0.15, 0.2) is 0 Å². The molecule has 1 fully saturated rings. The third-order valence-corrected chi connectivity index (χ3v) is 3.23. The second-order valence-electron chi connectivity index (χ2n) is 4.33. The summed E-state index contributed by atoms with van der Waals surface area (Å²) in [5, 5.41) is 3.54. The molecular formula is C12H21N3. The van der Waals surface area contributed by atoms with Crippen LogP contribution in [-0.2, 0) is 13.0 Å². The predicted octanol–water partition coefficient (Wildman–Crippen LogP) is 1.98. The van der Waals surface area contributed by atoms with Crippen molar-refractivity contribution in [3.63, 3.8) is 0 Å². The minimum atomic E-state index is 0.776. The molecular weight excluding hydrogens is 186 g/mol. The van der Waals surface area contributed by atoms with Gasteiger partial charge < -0.3 is 9.88 Å². The van der Waals surface area contributed by atoms with Crippen LogP contribution in [0.5, 0.6) is 0 Å². The molecule has 1 unspecified atom stereocenters. The molecule has 1 N–H and O–H groups in total. The van der Waals surface area contributed by atoms with Crippen molar-refractivity contribution < 1.29 is 0 Å². The Bertz CT molecular complexity index is 287. The zero-order chi connectivity index (χ0) is 10.5. The molecule has 0 bridgehead atoms. The minimum Gasteiger partial charge on any atom is -0.335 e. The van der Waals surface area contributed by atoms with Crippen LogP contribution in [0.1, 0.15) is 38.4 Å². The summed E-state index contributed by atoms with van der Waals surface area (Å²) in [5.41, 5.74) is 0. The number of nitrogens with one attached hydrogen (secondary N) is 1. The fraction of sp³-hybridized carbons (Fsp3) is 0.750. The molecule has 2 rings (SSSR count). The van der Waals surface area contributed by atoms with E-state index in [2.05, 4.69) is 28.0 Å². The smallest absolute Gasteiger partial charge is 0.108 e. The van der Waals surface area contributed by atoms with Gasteiger partial charge in [-0.05, 0) is 32.2 Å². The number of hydrogen-bond acceptors (Lipinski definition) is 2. The summed E-state index contributed by atoms with van der Waals surface area (Å²) < 4.78 is 2.29. The summed E-state index contributed by atoms with van der Waals surface area (Å²) in [6.07, 6.45) is 10.3. The van der Waals surface area contributed by atoms with Crippen LogP contribution in [0.3, 0.4) is 0 Å². The van der Waals surface area contributed by atoms with Crippen LogP contribution in [0.25, 0.3) is 0 Å². The average Bonchev–Trinajstić information content (AvgIpc) is 2.88. The maximum Gasteiger partial charge on any atom is 0.108 e. The van der Waals surface area contributed by atoms with E-state index in [0.29, 0.717) is 0 Å². The van der Waals surface area contributed by atoms with E-state index >= 15 is 0 Å². The second-order valence-corrected chi connectivity index (χ2v) is 4.33. The highest BCUT2D eigenvalue weighted by molar-refractivity contribution is 4.91. The minimum absolute atomic E-state index is 0.776. The summed E-state index contributed by atoms with van der Waals surface area (Å²) in [6, 6.07) is 0.776. The molecule has 2 heterocycles. The zero-order valence-corrected chi connectivity index (χ0v) is 9.58. The molecule has 0 amide bonds. The van der Waals surface area contributed by atoms with Gasteiger partial charge in [0.2, 0.25) is 0 Å². The van der Waals surface area contributed by atoms with Gasteiger partial charge in [0.25, 0.3) is 0 Å². The SMILES string of the molecule is CCc1nccn1CCCC1CCCN1. The molecule has 1 saturated heterocycles. The lowest BCUT2D eigenvalue weighted by molar-refractivity contribution is 0.496. The van der Waals surface area contributed by atoms with Crippen LogP contribution in [0.15, 0.2) is 12.4 Å². The Morgan fingerprint density at radius 3 is 3.27 bits per heavy atom. The van der Waals surface area contributed by atoms with E-state index in [-0.39, 0.29) is 0 Å².